The van der Waals surface area contributed by atoms with Gasteiger partial charge in [-0.05, 0) is 114 Å². The van der Waals surface area contributed by atoms with Crippen molar-refractivity contribution in [2.75, 3.05) is 4.90 Å². The van der Waals surface area contributed by atoms with Gasteiger partial charge in [0.05, 0.1) is 11.1 Å². The molecule has 0 radical (unpaired) electrons. The molecule has 59 heavy (non-hydrogen) atoms. The van der Waals surface area contributed by atoms with Gasteiger partial charge in [-0.15, -0.1) is 11.3 Å². The second-order valence-electron chi connectivity index (χ2n) is 17.2. The van der Waals surface area contributed by atoms with Gasteiger partial charge in [0, 0.05) is 37.1 Å². The van der Waals surface area contributed by atoms with Crippen LogP contribution in [-0.4, -0.2) is 0 Å². The van der Waals surface area contributed by atoms with Gasteiger partial charge >= 0.3 is 0 Å². The largest absolute Gasteiger partial charge is 0.310 e. The molecule has 10 aromatic rings. The first-order valence-electron chi connectivity index (χ1n) is 20.7. The van der Waals surface area contributed by atoms with Gasteiger partial charge in [0.25, 0.3) is 0 Å². The van der Waals surface area contributed by atoms with Crippen LogP contribution in [0.15, 0.2) is 194 Å². The maximum atomic E-state index is 2.51. The van der Waals surface area contributed by atoms with Crippen LogP contribution in [0.3, 0.4) is 0 Å². The van der Waals surface area contributed by atoms with E-state index in [2.05, 4.69) is 220 Å². The van der Waals surface area contributed by atoms with E-state index in [9.17, 15) is 0 Å². The molecule has 0 fully saturated rings. The van der Waals surface area contributed by atoms with Gasteiger partial charge in [0.15, 0.2) is 0 Å². The zero-order valence-electron chi connectivity index (χ0n) is 33.3. The molecule has 0 unspecified atom stereocenters. The Labute approximate surface area is 349 Å². The molecule has 0 saturated heterocycles. The molecule has 0 saturated carbocycles. The minimum absolute atomic E-state index is 0.0383. The van der Waals surface area contributed by atoms with Crippen LogP contribution in [-0.2, 0) is 10.8 Å². The van der Waals surface area contributed by atoms with Gasteiger partial charge in [0.2, 0.25) is 0 Å². The highest BCUT2D eigenvalue weighted by Gasteiger charge is 2.51. The second-order valence-corrected chi connectivity index (χ2v) is 18.3. The lowest BCUT2D eigenvalue weighted by molar-refractivity contribution is 0.590. The summed E-state index contributed by atoms with van der Waals surface area (Å²) in [6, 6.07) is 73.2. The molecule has 1 heterocycles. The molecule has 0 atom stereocenters. The standard InChI is InChI=1S/C57H41NS/c1-56(2,3)38-26-28-39(29-27-38)58(52-33-25-36-14-4-5-15-41(36)55(52)37-24-31-46-45-19-9-13-23-53(45)59-54(46)34-37)40-30-32-51-47(35-40)44-18-8-12-22-50(44)57(51)48-20-10-6-16-42(48)43-17-7-11-21-49(43)57/h4-35H,1-3H3. The molecular weight excluding hydrogens is 731 g/mol. The lowest BCUT2D eigenvalue weighted by Gasteiger charge is -2.32. The van der Waals surface area contributed by atoms with Crippen LogP contribution in [0.2, 0.25) is 0 Å². The number of nitrogens with zero attached hydrogens (tertiary/aromatic N) is 1. The van der Waals surface area contributed by atoms with E-state index in [1.54, 1.807) is 0 Å². The van der Waals surface area contributed by atoms with Crippen LogP contribution in [0.1, 0.15) is 48.6 Å². The summed E-state index contributed by atoms with van der Waals surface area (Å²) in [6.45, 7) is 6.87. The second kappa shape index (κ2) is 12.6. The fraction of sp³-hybridized carbons (Fsp3) is 0.0877. The Balaban J connectivity index is 1.13. The van der Waals surface area contributed by atoms with Crippen molar-refractivity contribution in [1.82, 2.24) is 0 Å². The molecule has 1 nitrogen and oxygen atoms in total. The number of hydrogen-bond acceptors (Lipinski definition) is 2. The molecule has 0 aliphatic heterocycles. The summed E-state index contributed by atoms with van der Waals surface area (Å²) in [7, 11) is 0. The number of fused-ring (bicyclic) bond motifs is 14. The van der Waals surface area contributed by atoms with Crippen LogP contribution in [0.5, 0.6) is 0 Å². The van der Waals surface area contributed by atoms with Crippen molar-refractivity contribution in [1.29, 1.82) is 0 Å². The van der Waals surface area contributed by atoms with Crippen LogP contribution in [0.4, 0.5) is 17.1 Å². The molecule has 0 N–H and O–H groups in total. The van der Waals surface area contributed by atoms with E-state index in [0.29, 0.717) is 0 Å². The van der Waals surface area contributed by atoms with E-state index in [4.69, 9.17) is 0 Å². The third-order valence-electron chi connectivity index (χ3n) is 13.0. The fourth-order valence-electron chi connectivity index (χ4n) is 10.4. The van der Waals surface area contributed by atoms with E-state index in [-0.39, 0.29) is 10.8 Å². The van der Waals surface area contributed by atoms with Gasteiger partial charge in [-0.3, -0.25) is 0 Å². The Kier molecular flexibility index (Phi) is 7.34. The van der Waals surface area contributed by atoms with Crippen LogP contribution in [0, 0.1) is 0 Å². The minimum atomic E-state index is -0.384. The summed E-state index contributed by atoms with van der Waals surface area (Å²) >= 11 is 1.88. The van der Waals surface area contributed by atoms with Crippen molar-refractivity contribution in [3.8, 4) is 33.4 Å². The molecule has 1 aromatic heterocycles. The van der Waals surface area contributed by atoms with E-state index in [0.717, 1.165) is 17.1 Å². The van der Waals surface area contributed by atoms with Gasteiger partial charge in [-0.25, -0.2) is 0 Å². The maximum absolute atomic E-state index is 2.51. The molecule has 1 spiro atoms. The summed E-state index contributed by atoms with van der Waals surface area (Å²) < 4.78 is 2.63. The monoisotopic (exact) mass is 771 g/mol. The molecule has 2 heteroatoms. The average molecular weight is 772 g/mol. The summed E-state index contributed by atoms with van der Waals surface area (Å²) in [5.41, 5.74) is 17.5. The Hall–Kier alpha value is -6.74. The molecule has 280 valence electrons. The topological polar surface area (TPSA) is 3.24 Å². The highest BCUT2D eigenvalue weighted by atomic mass is 32.1. The van der Waals surface area contributed by atoms with Gasteiger partial charge in [-0.1, -0.05) is 172 Å². The molecular formula is C57H41NS. The predicted octanol–water partition coefficient (Wildman–Crippen LogP) is 16.0. The minimum Gasteiger partial charge on any atom is -0.310 e. The first-order chi connectivity index (χ1) is 28.9. The molecule has 0 bridgehead atoms. The zero-order chi connectivity index (χ0) is 39.5. The van der Waals surface area contributed by atoms with Crippen LogP contribution in [0.25, 0.3) is 64.3 Å². The first-order valence-corrected chi connectivity index (χ1v) is 21.5. The number of anilines is 3. The molecule has 2 aliphatic carbocycles. The molecule has 12 rings (SSSR count). The normalized spacial score (nSPS) is 13.5. The quantitative estimate of drug-likeness (QED) is 0.172. The van der Waals surface area contributed by atoms with Crippen molar-refractivity contribution in [2.24, 2.45) is 0 Å². The third-order valence-corrected chi connectivity index (χ3v) is 14.2. The van der Waals surface area contributed by atoms with E-state index >= 15 is 0 Å². The summed E-state index contributed by atoms with van der Waals surface area (Å²) in [5.74, 6) is 0. The Bertz CT molecular complexity index is 3280. The van der Waals surface area contributed by atoms with Crippen molar-refractivity contribution in [2.45, 2.75) is 31.6 Å². The van der Waals surface area contributed by atoms with Crippen molar-refractivity contribution in [3.63, 3.8) is 0 Å². The molecule has 2 aliphatic rings. The maximum Gasteiger partial charge on any atom is 0.0725 e. The smallest absolute Gasteiger partial charge is 0.0725 e. The van der Waals surface area contributed by atoms with Gasteiger partial charge in [0.1, 0.15) is 0 Å². The van der Waals surface area contributed by atoms with Gasteiger partial charge < -0.3 is 4.90 Å². The number of hydrogen-bond donors (Lipinski definition) is 0. The number of thiophene rings is 1. The van der Waals surface area contributed by atoms with Crippen LogP contribution >= 0.6 is 11.3 Å². The number of rotatable bonds is 4. The number of benzene rings is 9. The SMILES string of the molecule is CC(C)(C)c1ccc(N(c2ccc3c(c2)-c2ccccc2C32c3ccccc3-c3ccccc32)c2ccc3ccccc3c2-c2ccc3c(c2)sc2ccccc23)cc1. The molecule has 0 amide bonds. The highest BCUT2D eigenvalue weighted by molar-refractivity contribution is 7.25. The lowest BCUT2D eigenvalue weighted by atomic mass is 9.70. The molecule has 9 aromatic carbocycles. The summed E-state index contributed by atoms with van der Waals surface area (Å²) in [4.78, 5) is 2.51. The van der Waals surface area contributed by atoms with Crippen molar-refractivity contribution < 1.29 is 0 Å². The fourth-order valence-corrected chi connectivity index (χ4v) is 11.5. The first kappa shape index (κ1) is 34.3. The third kappa shape index (κ3) is 4.90. The Morgan fingerprint density at radius 2 is 0.983 bits per heavy atom. The predicted molar refractivity (Wildman–Crippen MR) is 252 cm³/mol. The van der Waals surface area contributed by atoms with Crippen molar-refractivity contribution >= 4 is 59.3 Å². The van der Waals surface area contributed by atoms with Gasteiger partial charge in [-0.2, -0.15) is 0 Å². The van der Waals surface area contributed by atoms with E-state index in [1.807, 2.05) is 11.3 Å². The highest BCUT2D eigenvalue weighted by Crippen LogP contribution is 2.63. The van der Waals surface area contributed by atoms with E-state index < -0.39 is 0 Å². The lowest BCUT2D eigenvalue weighted by Crippen LogP contribution is -2.25. The Morgan fingerprint density at radius 1 is 0.424 bits per heavy atom. The van der Waals surface area contributed by atoms with Crippen molar-refractivity contribution in [3.05, 3.63) is 222 Å². The average Bonchev–Trinajstić information content (AvgIpc) is 3.90. The summed E-state index contributed by atoms with van der Waals surface area (Å²) in [6.07, 6.45) is 0. The van der Waals surface area contributed by atoms with E-state index in [1.165, 1.54) is 92.1 Å². The zero-order valence-corrected chi connectivity index (χ0v) is 34.1. The summed E-state index contributed by atoms with van der Waals surface area (Å²) in [5, 5.41) is 5.11. The van der Waals surface area contributed by atoms with Crippen LogP contribution < -0.4 is 4.90 Å². The Morgan fingerprint density at radius 3 is 1.68 bits per heavy atom.